The molecule has 0 aliphatic heterocycles. The van der Waals surface area contributed by atoms with Crippen molar-refractivity contribution in [2.45, 2.75) is 99.7 Å². The van der Waals surface area contributed by atoms with Gasteiger partial charge in [-0.05, 0) is 120 Å². The normalized spacial score (nSPS) is 10.5. The van der Waals surface area contributed by atoms with Crippen molar-refractivity contribution in [3.8, 4) is 0 Å². The van der Waals surface area contributed by atoms with Crippen LogP contribution in [0.2, 0.25) is 0 Å². The number of aryl methyl sites for hydroxylation is 1. The topological polar surface area (TPSA) is 229 Å². The molecule has 0 aliphatic rings. The Balaban J connectivity index is 0.000000493. The third-order valence-corrected chi connectivity index (χ3v) is 12.9. The molecule has 0 saturated carbocycles. The van der Waals surface area contributed by atoms with Crippen LogP contribution in [-0.4, -0.2) is 97.7 Å². The predicted octanol–water partition coefficient (Wildman–Crippen LogP) is 11.2. The maximum atomic E-state index is 11.9. The Morgan fingerprint density at radius 2 is 1.00 bits per heavy atom. The number of amides is 2. The zero-order valence-corrected chi connectivity index (χ0v) is 51.5. The molecule has 75 heavy (non-hydrogen) atoms. The summed E-state index contributed by atoms with van der Waals surface area (Å²) in [5.74, 6) is -0.307. The van der Waals surface area contributed by atoms with Crippen LogP contribution in [-0.2, 0) is 57.4 Å². The van der Waals surface area contributed by atoms with Gasteiger partial charge >= 0.3 is 25.0 Å². The fraction of sp³-hybridized carbons (Fsp3) is 0.353. The SMILES string of the molecule is CC.CC(C)(C)OC(=O)CNC(=O)Cc1ncc(/C=C/c2ccccc2)s1.CC(C)(C)OC(=O)CNC(=O)Cc1ncc(Br)s1.CCOC(=O)Cc1ncc(Br)s1.Cc1ncc(Br)s1.OB(O)/C=C/c1ccccc1. The van der Waals surface area contributed by atoms with E-state index in [-0.39, 0.29) is 50.1 Å². The summed E-state index contributed by atoms with van der Waals surface area (Å²) >= 11 is 15.8. The smallest absolute Gasteiger partial charge is 0.466 e. The van der Waals surface area contributed by atoms with Gasteiger partial charge in [0.25, 0.3) is 0 Å². The Morgan fingerprint density at radius 3 is 1.37 bits per heavy atom. The minimum Gasteiger partial charge on any atom is -0.466 e. The highest BCUT2D eigenvalue weighted by molar-refractivity contribution is 9.11. The number of halogens is 3. The average Bonchev–Trinajstić information content (AvgIpc) is 4.16. The zero-order chi connectivity index (χ0) is 56.4. The third kappa shape index (κ3) is 36.8. The van der Waals surface area contributed by atoms with Gasteiger partial charge in [-0.2, -0.15) is 0 Å². The second-order valence-corrected chi connectivity index (χ2v) is 25.2. The van der Waals surface area contributed by atoms with Gasteiger partial charge in [0.1, 0.15) is 39.3 Å². The van der Waals surface area contributed by atoms with E-state index in [1.54, 1.807) is 90.7 Å². The number of benzene rings is 2. The molecule has 0 aliphatic carbocycles. The van der Waals surface area contributed by atoms with Crippen LogP contribution in [0.5, 0.6) is 0 Å². The molecule has 0 radical (unpaired) electrons. The van der Waals surface area contributed by atoms with E-state index < -0.39 is 30.3 Å². The molecule has 16 nitrogen and oxygen atoms in total. The molecule has 0 atom stereocenters. The number of hydrogen-bond donors (Lipinski definition) is 4. The van der Waals surface area contributed by atoms with Crippen molar-refractivity contribution in [1.82, 2.24) is 30.6 Å². The molecule has 4 aromatic heterocycles. The van der Waals surface area contributed by atoms with Gasteiger partial charge in [-0.15, -0.1) is 45.3 Å². The first-order valence-corrected chi connectivity index (χ1v) is 28.7. The van der Waals surface area contributed by atoms with Crippen LogP contribution in [0.25, 0.3) is 18.2 Å². The number of carbonyl (C=O) groups excluding carboxylic acids is 5. The Hall–Kier alpha value is -4.79. The van der Waals surface area contributed by atoms with Gasteiger partial charge in [0.05, 0.1) is 60.8 Å². The van der Waals surface area contributed by atoms with Crippen LogP contribution in [0, 0.1) is 6.92 Å². The van der Waals surface area contributed by atoms with Crippen molar-refractivity contribution >= 4 is 148 Å². The van der Waals surface area contributed by atoms with Crippen molar-refractivity contribution in [1.29, 1.82) is 0 Å². The van der Waals surface area contributed by atoms with Crippen molar-refractivity contribution < 1.29 is 48.2 Å². The van der Waals surface area contributed by atoms with E-state index in [9.17, 15) is 24.0 Å². The molecule has 2 amide bonds. The second kappa shape index (κ2) is 37.9. The molecule has 0 fully saturated rings. The van der Waals surface area contributed by atoms with Crippen molar-refractivity contribution in [2.75, 3.05) is 19.7 Å². The van der Waals surface area contributed by atoms with E-state index in [0.29, 0.717) is 16.6 Å². The number of rotatable bonds is 15. The number of aromatic nitrogens is 4. The Kier molecular flexibility index (Phi) is 34.5. The average molecular weight is 1300 g/mol. The third-order valence-electron chi connectivity index (χ3n) is 7.64. The maximum absolute atomic E-state index is 11.9. The number of nitrogens with zero attached hydrogens (tertiary/aromatic N) is 4. The van der Waals surface area contributed by atoms with E-state index in [4.69, 9.17) is 24.3 Å². The lowest BCUT2D eigenvalue weighted by Gasteiger charge is -2.19. The second-order valence-electron chi connectivity index (χ2n) is 16.4. The molecule has 6 aromatic rings. The van der Waals surface area contributed by atoms with E-state index in [1.165, 1.54) is 40.0 Å². The monoisotopic (exact) mass is 1300 g/mol. The molecular formula is C51H64BBr3N6O10S4. The number of esters is 3. The minimum absolute atomic E-state index is 0.122. The summed E-state index contributed by atoms with van der Waals surface area (Å²) < 4.78 is 17.9. The first-order valence-electron chi connectivity index (χ1n) is 23.1. The fourth-order valence-electron chi connectivity index (χ4n) is 4.89. The first kappa shape index (κ1) is 68.2. The summed E-state index contributed by atoms with van der Waals surface area (Å²) in [5, 5.41) is 25.3. The number of nitrogens with one attached hydrogen (secondary N) is 2. The lowest BCUT2D eigenvalue weighted by molar-refractivity contribution is -0.155. The fourth-order valence-corrected chi connectivity index (χ4v) is 9.61. The standard InChI is InChI=1S/C19H22N2O3S.C11H15BrN2O3S.C8H9BO2.C7H8BrNO2S.C4H4BrNS.C2H6/c1-19(2,3)24-18(23)13-20-16(22)11-17-21-12-15(25-17)10-9-14-7-5-4-6-8-14;1-11(2,3)17-10(16)6-13-8(15)4-9-14-5-7(12)18-9;10-9(11)7-6-8-4-2-1-3-5-8;1-2-11-7(10)3-6-9-4-5(8)12-6;1-3-6-2-4(5)7-3;1-2/h4-10,12H,11,13H2,1-3H3,(H,20,22);5H,4,6H2,1-3H3,(H,13,15);1-7,10-11H;4H,2-3H2,1H3;2H,1H3;1-2H3/b10-9+;;7-6+;;;. The van der Waals surface area contributed by atoms with Crippen LogP contribution in [0.3, 0.4) is 0 Å². The van der Waals surface area contributed by atoms with Crippen LogP contribution < -0.4 is 10.6 Å². The Labute approximate surface area is 481 Å². The van der Waals surface area contributed by atoms with Gasteiger partial charge in [0.2, 0.25) is 11.8 Å². The number of thiazole rings is 4. The molecule has 24 heteroatoms. The van der Waals surface area contributed by atoms with E-state index in [1.807, 2.05) is 93.6 Å². The Morgan fingerprint density at radius 1 is 0.587 bits per heavy atom. The lowest BCUT2D eigenvalue weighted by Crippen LogP contribution is -2.35. The van der Waals surface area contributed by atoms with E-state index >= 15 is 0 Å². The minimum atomic E-state index is -1.37. The highest BCUT2D eigenvalue weighted by Crippen LogP contribution is 2.21. The summed E-state index contributed by atoms with van der Waals surface area (Å²) in [4.78, 5) is 74.6. The predicted molar refractivity (Wildman–Crippen MR) is 314 cm³/mol. The van der Waals surface area contributed by atoms with Crippen LogP contribution >= 0.6 is 93.1 Å². The van der Waals surface area contributed by atoms with Gasteiger partial charge in [-0.25, -0.2) is 19.9 Å². The summed E-state index contributed by atoms with van der Waals surface area (Å²) in [7, 11) is -1.37. The molecular weight excluding hydrogens is 1240 g/mol. The molecule has 0 spiro atoms. The highest BCUT2D eigenvalue weighted by Gasteiger charge is 2.18. The largest absolute Gasteiger partial charge is 0.480 e. The van der Waals surface area contributed by atoms with Gasteiger partial charge in [-0.3, -0.25) is 24.0 Å². The van der Waals surface area contributed by atoms with E-state index in [2.05, 4.69) is 78.4 Å². The van der Waals surface area contributed by atoms with Crippen LogP contribution in [0.4, 0.5) is 0 Å². The molecule has 0 bridgehead atoms. The van der Waals surface area contributed by atoms with Gasteiger partial charge < -0.3 is 34.9 Å². The van der Waals surface area contributed by atoms with Gasteiger partial charge in [-0.1, -0.05) is 92.6 Å². The number of ether oxygens (including phenoxy) is 3. The van der Waals surface area contributed by atoms with Crippen molar-refractivity contribution in [3.63, 3.8) is 0 Å². The number of hydrogen-bond acceptors (Lipinski definition) is 18. The molecule has 0 saturated heterocycles. The molecule has 0 unspecified atom stereocenters. The maximum Gasteiger partial charge on any atom is 0.480 e. The zero-order valence-electron chi connectivity index (χ0n) is 43.4. The highest BCUT2D eigenvalue weighted by atomic mass is 79.9. The van der Waals surface area contributed by atoms with Gasteiger partial charge in [0.15, 0.2) is 0 Å². The Bertz CT molecular complexity index is 2630. The van der Waals surface area contributed by atoms with Crippen molar-refractivity contribution in [2.24, 2.45) is 0 Å². The number of carbonyl (C=O) groups is 5. The molecule has 406 valence electrons. The van der Waals surface area contributed by atoms with Crippen molar-refractivity contribution in [3.05, 3.63) is 139 Å². The quantitative estimate of drug-likeness (QED) is 0.0426. The van der Waals surface area contributed by atoms with Gasteiger partial charge in [0, 0.05) is 11.1 Å². The van der Waals surface area contributed by atoms with Crippen LogP contribution in [0.15, 0.2) is 103 Å². The van der Waals surface area contributed by atoms with Crippen LogP contribution in [0.1, 0.15) is 98.3 Å². The molecule has 4 N–H and O–H groups in total. The van der Waals surface area contributed by atoms with E-state index in [0.717, 1.165) is 37.4 Å². The summed E-state index contributed by atoms with van der Waals surface area (Å²) in [6, 6.07) is 19.4. The summed E-state index contributed by atoms with van der Waals surface area (Å²) in [6.45, 7) is 18.6. The molecule has 4 heterocycles. The molecule has 2 aromatic carbocycles. The molecule has 6 rings (SSSR count). The lowest BCUT2D eigenvalue weighted by atomic mass is 9.91. The first-order chi connectivity index (χ1) is 35.4. The summed E-state index contributed by atoms with van der Waals surface area (Å²) in [5.41, 5.74) is 0.965. The summed E-state index contributed by atoms with van der Waals surface area (Å²) in [6.07, 6.45) is 13.1.